The fraction of sp³-hybridized carbons (Fsp3) is 0.701. The first-order valence-corrected chi connectivity index (χ1v) is 35.9. The fourth-order valence-electron chi connectivity index (χ4n) is 10.9. The molecule has 0 spiro atoms. The van der Waals surface area contributed by atoms with E-state index in [9.17, 15) is 45.6 Å². The third-order valence-corrected chi connectivity index (χ3v) is 16.6. The first kappa shape index (κ1) is 83.2. The average Bonchev–Trinajstić information content (AvgIpc) is 0.888. The van der Waals surface area contributed by atoms with Crippen LogP contribution in [0.3, 0.4) is 0 Å². The summed E-state index contributed by atoms with van der Waals surface area (Å²) in [7, 11) is 0. The smallest absolute Gasteiger partial charge is 0.220 e. The van der Waals surface area contributed by atoms with E-state index in [2.05, 4.69) is 141 Å². The number of aliphatic hydroxyl groups is 8. The van der Waals surface area contributed by atoms with Crippen molar-refractivity contribution in [1.29, 1.82) is 0 Å². The summed E-state index contributed by atoms with van der Waals surface area (Å²) in [6.45, 7) is 2.67. The van der Waals surface area contributed by atoms with E-state index in [0.29, 0.717) is 12.8 Å². The molecule has 2 heterocycles. The van der Waals surface area contributed by atoms with Crippen molar-refractivity contribution in [3.8, 4) is 0 Å². The number of amides is 1. The number of aliphatic hydroxyl groups excluding tert-OH is 8. The predicted molar refractivity (Wildman–Crippen MR) is 373 cm³/mol. The Hall–Kier alpha value is -3.87. The Kier molecular flexibility index (Phi) is 54.7. The normalized spacial score (nSPS) is 23.6. The second-order valence-electron chi connectivity index (χ2n) is 24.6. The molecule has 2 saturated heterocycles. The topological polar surface area (TPSA) is 228 Å². The van der Waals surface area contributed by atoms with Gasteiger partial charge in [0.15, 0.2) is 12.6 Å². The number of hydrogen-bond acceptors (Lipinski definition) is 13. The van der Waals surface area contributed by atoms with E-state index in [1.54, 1.807) is 6.08 Å². The van der Waals surface area contributed by atoms with Crippen molar-refractivity contribution in [1.82, 2.24) is 5.32 Å². The monoisotopic (exact) mass is 1280 g/mol. The average molecular weight is 1280 g/mol. The Morgan fingerprint density at radius 1 is 0.407 bits per heavy atom. The summed E-state index contributed by atoms with van der Waals surface area (Å²) in [5.41, 5.74) is 0. The Morgan fingerprint density at radius 3 is 1.21 bits per heavy atom. The van der Waals surface area contributed by atoms with Gasteiger partial charge in [0.05, 0.1) is 32.0 Å². The molecule has 2 aliphatic rings. The van der Waals surface area contributed by atoms with Crippen LogP contribution < -0.4 is 5.32 Å². The molecule has 520 valence electrons. The first-order chi connectivity index (χ1) is 44.6. The molecule has 12 unspecified atom stereocenters. The molecule has 2 rings (SSSR count). The maximum atomic E-state index is 13.3. The molecular weight excluding hydrogens is 1150 g/mol. The summed E-state index contributed by atoms with van der Waals surface area (Å²) >= 11 is 0. The van der Waals surface area contributed by atoms with Gasteiger partial charge in [-0.25, -0.2) is 0 Å². The van der Waals surface area contributed by atoms with Gasteiger partial charge in [-0.1, -0.05) is 276 Å². The van der Waals surface area contributed by atoms with Crippen molar-refractivity contribution in [3.05, 3.63) is 134 Å². The number of hydrogen-bond donors (Lipinski definition) is 9. The second kappa shape index (κ2) is 59.8. The molecule has 2 fully saturated rings. The molecule has 91 heavy (non-hydrogen) atoms. The zero-order chi connectivity index (χ0) is 65.9. The van der Waals surface area contributed by atoms with Gasteiger partial charge in [-0.15, -0.1) is 0 Å². The number of unbranched alkanes of at least 4 members (excludes halogenated alkanes) is 24. The first-order valence-electron chi connectivity index (χ1n) is 35.9. The number of carbonyl (C=O) groups is 1. The van der Waals surface area contributed by atoms with Crippen LogP contribution in [0.15, 0.2) is 134 Å². The summed E-state index contributed by atoms with van der Waals surface area (Å²) < 4.78 is 22.8. The van der Waals surface area contributed by atoms with Crippen LogP contribution in [0.2, 0.25) is 0 Å². The van der Waals surface area contributed by atoms with Crippen molar-refractivity contribution < 1.29 is 64.6 Å². The lowest BCUT2D eigenvalue weighted by molar-refractivity contribution is -0.359. The van der Waals surface area contributed by atoms with Gasteiger partial charge in [0.25, 0.3) is 0 Å². The standard InChI is InChI=1S/C77H129NO13/c1-3-5-7-9-11-13-15-17-19-21-23-25-27-28-29-30-31-32-33-34-35-36-37-38-39-41-43-45-47-49-51-53-55-57-59-61-69(82)78-65(64-88-76-74(87)72(85)75(68(63-80)90-76)91-77-73(86)71(84)70(83)67(62-79)89-77)66(81)60-58-56-54-52-50-48-46-44-42-40-26-24-22-20-18-16-14-12-10-8-6-4-2/h5,7,11,13,17,19,23,25,28-29,31-32,34-35,37-38,41,43,50,52,58,60,65-68,70-77,79-81,83-87H,3-4,6,8-10,12,14-16,18,20-22,24,26-27,30,33,36,39-40,42,44-49,51,53-57,59,61-64H2,1-2H3,(H,78,82)/b7-5-,13-11-,19-17-,25-23-,29-28-,32-31-,35-34-,38-37-,43-41-,52-50+,60-58+. The number of allylic oxidation sites excluding steroid dienone is 21. The van der Waals surface area contributed by atoms with E-state index >= 15 is 0 Å². The highest BCUT2D eigenvalue weighted by molar-refractivity contribution is 5.76. The minimum atomic E-state index is -1.80. The number of rotatable bonds is 57. The molecule has 9 N–H and O–H groups in total. The summed E-state index contributed by atoms with van der Waals surface area (Å²) in [4.78, 5) is 13.3. The van der Waals surface area contributed by atoms with Gasteiger partial charge < -0.3 is 65.1 Å². The maximum absolute atomic E-state index is 13.3. The van der Waals surface area contributed by atoms with Gasteiger partial charge >= 0.3 is 0 Å². The number of ether oxygens (including phenoxy) is 4. The summed E-state index contributed by atoms with van der Waals surface area (Å²) in [6, 6.07) is -0.949. The van der Waals surface area contributed by atoms with Crippen LogP contribution in [0.5, 0.6) is 0 Å². The Bertz CT molecular complexity index is 2040. The molecule has 14 heteroatoms. The van der Waals surface area contributed by atoms with Gasteiger partial charge in [0.1, 0.15) is 48.8 Å². The highest BCUT2D eigenvalue weighted by Crippen LogP contribution is 2.30. The van der Waals surface area contributed by atoms with Crippen LogP contribution in [-0.2, 0) is 23.7 Å². The summed E-state index contributed by atoms with van der Waals surface area (Å²) in [5, 5.41) is 87.4. The second-order valence-corrected chi connectivity index (χ2v) is 24.6. The molecule has 0 aromatic heterocycles. The zero-order valence-electron chi connectivity index (χ0n) is 56.5. The van der Waals surface area contributed by atoms with Gasteiger partial charge in [0.2, 0.25) is 5.91 Å². The minimum Gasteiger partial charge on any atom is -0.394 e. The van der Waals surface area contributed by atoms with Crippen LogP contribution >= 0.6 is 0 Å². The molecule has 0 radical (unpaired) electrons. The number of nitrogens with one attached hydrogen (secondary N) is 1. The molecule has 0 aromatic carbocycles. The highest BCUT2D eigenvalue weighted by atomic mass is 16.7. The summed E-state index contributed by atoms with van der Waals surface area (Å²) in [5.74, 6) is -0.264. The third-order valence-electron chi connectivity index (χ3n) is 16.6. The molecule has 2 aliphatic heterocycles. The van der Waals surface area contributed by atoms with E-state index in [0.717, 1.165) is 116 Å². The highest BCUT2D eigenvalue weighted by Gasteiger charge is 2.51. The fourth-order valence-corrected chi connectivity index (χ4v) is 10.9. The molecule has 1 amide bonds. The molecular formula is C77H129NO13. The van der Waals surface area contributed by atoms with E-state index in [1.807, 2.05) is 6.08 Å². The molecule has 14 nitrogen and oxygen atoms in total. The van der Waals surface area contributed by atoms with Crippen LogP contribution in [-0.4, -0.2) is 140 Å². The van der Waals surface area contributed by atoms with Crippen LogP contribution in [0.4, 0.5) is 0 Å². The van der Waals surface area contributed by atoms with E-state index in [4.69, 9.17) is 18.9 Å². The molecule has 12 atom stereocenters. The van der Waals surface area contributed by atoms with Crippen molar-refractivity contribution >= 4 is 5.91 Å². The minimum absolute atomic E-state index is 0.252. The van der Waals surface area contributed by atoms with Crippen LogP contribution in [0.1, 0.15) is 251 Å². The van der Waals surface area contributed by atoms with Crippen molar-refractivity contribution in [3.63, 3.8) is 0 Å². The lowest BCUT2D eigenvalue weighted by Crippen LogP contribution is -2.65. The zero-order valence-corrected chi connectivity index (χ0v) is 56.5. The van der Waals surface area contributed by atoms with Crippen molar-refractivity contribution in [2.45, 2.75) is 325 Å². The SMILES string of the molecule is CC/C=C\C/C=C\C/C=C\C/C=C\C/C=C\C/C=C\C/C=C\C/C=C\C/C=C\CCCCCCCCCC(=O)NC(COC1OC(CO)C(OC2OC(CO)C(O)C(O)C2O)C(O)C1O)C(O)/C=C/CC/C=C/CCCCCCCCCCCCCCCCCC. The van der Waals surface area contributed by atoms with Crippen molar-refractivity contribution in [2.75, 3.05) is 19.8 Å². The summed E-state index contributed by atoms with van der Waals surface area (Å²) in [6.07, 6.45) is 72.1. The molecule has 0 aromatic rings. The Labute approximate surface area is 551 Å². The van der Waals surface area contributed by atoms with Crippen LogP contribution in [0, 0.1) is 0 Å². The molecule has 0 saturated carbocycles. The van der Waals surface area contributed by atoms with Gasteiger partial charge in [-0.3, -0.25) is 4.79 Å². The van der Waals surface area contributed by atoms with Crippen LogP contribution in [0.25, 0.3) is 0 Å². The largest absolute Gasteiger partial charge is 0.394 e. The Balaban J connectivity index is 1.69. The van der Waals surface area contributed by atoms with E-state index in [1.165, 1.54) is 103 Å². The van der Waals surface area contributed by atoms with Gasteiger partial charge in [-0.05, 0) is 103 Å². The van der Waals surface area contributed by atoms with Gasteiger partial charge in [-0.2, -0.15) is 0 Å². The quantitative estimate of drug-likeness (QED) is 0.0204. The lowest BCUT2D eigenvalue weighted by Gasteiger charge is -2.46. The van der Waals surface area contributed by atoms with E-state index < -0.39 is 86.8 Å². The van der Waals surface area contributed by atoms with Gasteiger partial charge in [0, 0.05) is 6.42 Å². The van der Waals surface area contributed by atoms with Crippen molar-refractivity contribution in [2.24, 2.45) is 0 Å². The third kappa shape index (κ3) is 43.7. The number of carbonyl (C=O) groups excluding carboxylic acids is 1. The molecule has 0 bridgehead atoms. The van der Waals surface area contributed by atoms with E-state index in [-0.39, 0.29) is 18.9 Å². The molecule has 0 aliphatic carbocycles. The lowest BCUT2D eigenvalue weighted by atomic mass is 9.97. The predicted octanol–water partition coefficient (Wildman–Crippen LogP) is 15.1. The maximum Gasteiger partial charge on any atom is 0.220 e. The Morgan fingerprint density at radius 2 is 0.769 bits per heavy atom.